The average Bonchev–Trinajstić information content (AvgIpc) is 2.82. The molecule has 0 aliphatic carbocycles. The number of hydrogen-bond acceptors (Lipinski definition) is 2. The van der Waals surface area contributed by atoms with Crippen molar-refractivity contribution in [2.75, 3.05) is 0 Å². The molecule has 5 heteroatoms. The Bertz CT molecular complexity index is 674. The molecule has 1 N–H and O–H groups in total. The summed E-state index contributed by atoms with van der Waals surface area (Å²) in [5, 5.41) is 0. The van der Waals surface area contributed by atoms with E-state index in [0.717, 1.165) is 25.0 Å². The van der Waals surface area contributed by atoms with E-state index in [-0.39, 0.29) is 0 Å². The maximum absolute atomic E-state index is 9.98. The lowest BCUT2D eigenvalue weighted by Crippen LogP contribution is -1.96. The van der Waals surface area contributed by atoms with Crippen LogP contribution in [0.1, 0.15) is 153 Å². The molecular weight excluding hydrogens is 487 g/mol. The number of benzene rings is 1. The van der Waals surface area contributed by atoms with Gasteiger partial charge in [0.2, 0.25) is 0 Å². The second kappa shape index (κ2) is 22.0. The monoisotopic (exact) mass is 542 g/mol. The molecule has 35 heavy (non-hydrogen) atoms. The van der Waals surface area contributed by atoms with Crippen molar-refractivity contribution in [3.63, 3.8) is 0 Å². The zero-order chi connectivity index (χ0) is 25.6. The van der Waals surface area contributed by atoms with Gasteiger partial charge in [-0.3, -0.25) is 0 Å². The lowest BCUT2D eigenvalue weighted by Gasteiger charge is -2.16. The zero-order valence-electron chi connectivity index (χ0n) is 22.9. The number of rotatable bonds is 24. The van der Waals surface area contributed by atoms with Crippen molar-refractivity contribution in [2.45, 2.75) is 155 Å². The highest BCUT2D eigenvalue weighted by atomic mass is 32.9. The maximum atomic E-state index is 9.98. The van der Waals surface area contributed by atoms with Gasteiger partial charge in [-0.1, -0.05) is 154 Å². The van der Waals surface area contributed by atoms with Crippen LogP contribution >= 0.6 is 17.9 Å². The van der Waals surface area contributed by atoms with Crippen LogP contribution in [0.4, 0.5) is 0 Å². The summed E-state index contributed by atoms with van der Waals surface area (Å²) in [6, 6.07) is 6.43. The predicted octanol–water partition coefficient (Wildman–Crippen LogP) is 11.1. The summed E-state index contributed by atoms with van der Waals surface area (Å²) in [5.41, 5.74) is -0.448. The summed E-state index contributed by atoms with van der Waals surface area (Å²) in [4.78, 5) is 9.98. The fourth-order valence-corrected chi connectivity index (χ4v) is 5.76. The van der Waals surface area contributed by atoms with Gasteiger partial charge in [-0.05, 0) is 54.7 Å². The number of hydrogen-bond donors (Lipinski definition) is 2. The van der Waals surface area contributed by atoms with Crippen molar-refractivity contribution < 1.29 is 9.42 Å². The molecule has 1 atom stereocenters. The summed E-state index contributed by atoms with van der Waals surface area (Å²) >= 11 is 9.14. The minimum absolute atomic E-state index is 0.730. The first kappa shape index (κ1) is 33.0. The van der Waals surface area contributed by atoms with Gasteiger partial charge in [0, 0.05) is 0 Å². The smallest absolute Gasteiger partial charge is 0.291 e. The van der Waals surface area contributed by atoms with Gasteiger partial charge >= 0.3 is 0 Å². The van der Waals surface area contributed by atoms with Crippen LogP contribution in [0.3, 0.4) is 0 Å². The first-order valence-electron chi connectivity index (χ1n) is 14.8. The highest BCUT2D eigenvalue weighted by molar-refractivity contribution is 8.59. The second-order valence-corrected chi connectivity index (χ2v) is 15.5. The van der Waals surface area contributed by atoms with Crippen LogP contribution < -0.4 is 4.52 Å². The minimum atomic E-state index is -3.01. The van der Waals surface area contributed by atoms with Crippen molar-refractivity contribution in [1.29, 1.82) is 0 Å². The Morgan fingerprint density at radius 1 is 0.657 bits per heavy atom. The largest absolute Gasteiger partial charge is 0.436 e. The van der Waals surface area contributed by atoms with E-state index in [1.165, 1.54) is 133 Å². The molecule has 0 aliphatic heterocycles. The van der Waals surface area contributed by atoms with Crippen LogP contribution in [0.25, 0.3) is 0 Å². The summed E-state index contributed by atoms with van der Waals surface area (Å²) in [6.07, 6.45) is 29.1. The van der Waals surface area contributed by atoms with Crippen LogP contribution in [-0.2, 0) is 24.6 Å². The predicted molar refractivity (Wildman–Crippen MR) is 164 cm³/mol. The highest BCUT2D eigenvalue weighted by Crippen LogP contribution is 2.48. The number of aryl methyl sites for hydroxylation is 2. The molecule has 0 radical (unpaired) electrons. The average molecular weight is 543 g/mol. The van der Waals surface area contributed by atoms with Crippen molar-refractivity contribution in [3.05, 3.63) is 29.3 Å². The van der Waals surface area contributed by atoms with Gasteiger partial charge in [-0.15, -0.1) is 0 Å². The third-order valence-corrected chi connectivity index (χ3v) is 7.86. The molecule has 0 aromatic heterocycles. The molecule has 0 heterocycles. The van der Waals surface area contributed by atoms with Gasteiger partial charge in [0.15, 0.2) is 0 Å². The molecule has 0 saturated carbocycles. The molecule has 1 aromatic carbocycles. The maximum Gasteiger partial charge on any atom is 0.291 e. The molecule has 0 bridgehead atoms. The first-order chi connectivity index (χ1) is 17.0. The third-order valence-electron chi connectivity index (χ3n) is 6.96. The van der Waals surface area contributed by atoms with Crippen molar-refractivity contribution in [3.8, 4) is 5.75 Å². The lowest BCUT2D eigenvalue weighted by molar-refractivity contribution is 0.498. The van der Waals surface area contributed by atoms with E-state index in [0.29, 0.717) is 0 Å². The standard InChI is InChI=1S/C30H55O2PS2/c1-3-5-7-9-11-13-15-17-19-21-23-28-25-26-30(32-33(31,34)35)29(27-28)24-22-20-18-16-14-12-10-8-6-4-2/h25-27H,3-24H2,1-2H3,(H2,31,34,35). The van der Waals surface area contributed by atoms with E-state index in [1.807, 2.05) is 6.07 Å². The SMILES string of the molecule is CCCCCCCCCCCCc1ccc(OP(O)(=S)S)c(CCCCCCCCCCCC)c1. The van der Waals surface area contributed by atoms with E-state index in [9.17, 15) is 4.89 Å². The van der Waals surface area contributed by atoms with Gasteiger partial charge in [0.25, 0.3) is 5.69 Å². The molecule has 2 nitrogen and oxygen atoms in total. The van der Waals surface area contributed by atoms with Gasteiger partial charge < -0.3 is 9.42 Å². The van der Waals surface area contributed by atoms with Gasteiger partial charge in [0.1, 0.15) is 5.75 Å². The quantitative estimate of drug-likeness (QED) is 0.0773. The fourth-order valence-electron chi connectivity index (χ4n) is 4.82. The molecule has 1 unspecified atom stereocenters. The zero-order valence-corrected chi connectivity index (χ0v) is 25.6. The molecule has 204 valence electrons. The Morgan fingerprint density at radius 2 is 1.06 bits per heavy atom. The van der Waals surface area contributed by atoms with Crippen LogP contribution in [0.2, 0.25) is 0 Å². The molecule has 0 spiro atoms. The van der Waals surface area contributed by atoms with E-state index in [4.69, 9.17) is 16.3 Å². The van der Waals surface area contributed by atoms with E-state index >= 15 is 0 Å². The molecular formula is C30H55O2PS2. The Morgan fingerprint density at radius 3 is 1.49 bits per heavy atom. The van der Waals surface area contributed by atoms with Crippen LogP contribution in [0.5, 0.6) is 5.75 Å². The topological polar surface area (TPSA) is 29.5 Å². The summed E-state index contributed by atoms with van der Waals surface area (Å²) in [6.45, 7) is 4.56. The van der Waals surface area contributed by atoms with Crippen molar-refractivity contribution in [2.24, 2.45) is 0 Å². The fraction of sp³-hybridized carbons (Fsp3) is 0.800. The Balaban J connectivity index is 2.34. The molecule has 0 amide bonds. The van der Waals surface area contributed by atoms with Crippen molar-refractivity contribution >= 4 is 29.7 Å². The second-order valence-electron chi connectivity index (χ2n) is 10.4. The first-order valence-corrected chi connectivity index (χ1v) is 18.7. The van der Waals surface area contributed by atoms with Gasteiger partial charge in [-0.2, -0.15) is 0 Å². The van der Waals surface area contributed by atoms with Crippen LogP contribution in [-0.4, -0.2) is 4.89 Å². The van der Waals surface area contributed by atoms with Crippen molar-refractivity contribution in [1.82, 2.24) is 0 Å². The van der Waals surface area contributed by atoms with Gasteiger partial charge in [-0.25, -0.2) is 0 Å². The lowest BCUT2D eigenvalue weighted by atomic mass is 9.99. The molecule has 0 fully saturated rings. The Labute approximate surface area is 228 Å². The minimum Gasteiger partial charge on any atom is -0.436 e. The molecule has 0 aliphatic rings. The van der Waals surface area contributed by atoms with E-state index in [1.54, 1.807) is 0 Å². The summed E-state index contributed by atoms with van der Waals surface area (Å²) in [7, 11) is 0. The Kier molecular flexibility index (Phi) is 20.8. The van der Waals surface area contributed by atoms with Crippen LogP contribution in [0, 0.1) is 0 Å². The number of thiol groups is 1. The molecule has 1 rings (SSSR count). The normalized spacial score (nSPS) is 13.1. The summed E-state index contributed by atoms with van der Waals surface area (Å²) in [5.74, 6) is 0.730. The van der Waals surface area contributed by atoms with Crippen LogP contribution in [0.15, 0.2) is 18.2 Å². The summed E-state index contributed by atoms with van der Waals surface area (Å²) < 4.78 is 5.68. The third kappa shape index (κ3) is 19.7. The molecule has 0 saturated heterocycles. The van der Waals surface area contributed by atoms with E-state index < -0.39 is 5.69 Å². The van der Waals surface area contributed by atoms with Gasteiger partial charge in [0.05, 0.1) is 0 Å². The van der Waals surface area contributed by atoms with E-state index in [2.05, 4.69) is 38.2 Å². The Hall–Kier alpha value is -0.0200. The molecule has 1 aromatic rings. The number of unbranched alkanes of at least 4 members (excludes halogenated alkanes) is 18. The highest BCUT2D eigenvalue weighted by Gasteiger charge is 2.13.